The van der Waals surface area contributed by atoms with Gasteiger partial charge in [0.05, 0.1) is 22.1 Å². The van der Waals surface area contributed by atoms with Crippen LogP contribution in [0.15, 0.2) is 65.6 Å². The number of fused-ring (bicyclic) bond motifs is 1. The van der Waals surface area contributed by atoms with Crippen LogP contribution < -0.4 is 26.8 Å². The molecular formula is C25H25F3N8O3S. The zero-order valence-corrected chi connectivity index (χ0v) is 21.8. The van der Waals surface area contributed by atoms with Crippen molar-refractivity contribution >= 4 is 44.4 Å². The number of halogens is 3. The van der Waals surface area contributed by atoms with Crippen LogP contribution in [0.3, 0.4) is 0 Å². The summed E-state index contributed by atoms with van der Waals surface area (Å²) in [5.41, 5.74) is 8.26. The second-order valence-corrected chi connectivity index (χ2v) is 10.4. The summed E-state index contributed by atoms with van der Waals surface area (Å²) in [6, 6.07) is 15.1. The molecule has 210 valence electrons. The number of primary sulfonamides is 1. The monoisotopic (exact) mass is 574 g/mol. The summed E-state index contributed by atoms with van der Waals surface area (Å²) in [5, 5.41) is 13.0. The van der Waals surface area contributed by atoms with Gasteiger partial charge in [-0.3, -0.25) is 4.79 Å². The van der Waals surface area contributed by atoms with Gasteiger partial charge in [-0.05, 0) is 48.9 Å². The van der Waals surface area contributed by atoms with Crippen molar-refractivity contribution < 1.29 is 26.4 Å². The lowest BCUT2D eigenvalue weighted by Crippen LogP contribution is -2.32. The van der Waals surface area contributed by atoms with E-state index in [-0.39, 0.29) is 40.1 Å². The molecule has 0 spiro atoms. The molecule has 0 aliphatic rings. The molecule has 0 aliphatic carbocycles. The summed E-state index contributed by atoms with van der Waals surface area (Å²) in [5.74, 6) is -0.437. The normalized spacial score (nSPS) is 12.7. The highest BCUT2D eigenvalue weighted by molar-refractivity contribution is 7.89. The predicted octanol–water partition coefficient (Wildman–Crippen LogP) is 3.21. The van der Waals surface area contributed by atoms with E-state index in [0.29, 0.717) is 22.5 Å². The van der Waals surface area contributed by atoms with Gasteiger partial charge in [0.15, 0.2) is 5.82 Å². The highest BCUT2D eigenvalue weighted by Gasteiger charge is 2.27. The van der Waals surface area contributed by atoms with Crippen molar-refractivity contribution in [1.82, 2.24) is 15.0 Å². The number of nitrogens with zero attached hydrogens (tertiary/aromatic N) is 3. The molecular weight excluding hydrogens is 549 g/mol. The van der Waals surface area contributed by atoms with Crippen molar-refractivity contribution in [1.29, 1.82) is 0 Å². The average Bonchev–Trinajstić information content (AvgIpc) is 2.90. The summed E-state index contributed by atoms with van der Waals surface area (Å²) in [6.07, 6.45) is -4.51. The third-order valence-corrected chi connectivity index (χ3v) is 6.49. The topological polar surface area (TPSA) is 178 Å². The van der Waals surface area contributed by atoms with E-state index in [9.17, 15) is 26.4 Å². The van der Waals surface area contributed by atoms with Crippen molar-refractivity contribution in [3.05, 3.63) is 66.2 Å². The average molecular weight is 575 g/mol. The molecule has 1 amide bonds. The molecule has 1 atom stereocenters. The van der Waals surface area contributed by atoms with Gasteiger partial charge >= 0.3 is 6.18 Å². The molecule has 0 fully saturated rings. The van der Waals surface area contributed by atoms with Gasteiger partial charge < -0.3 is 21.7 Å². The molecule has 11 nitrogen and oxygen atoms in total. The van der Waals surface area contributed by atoms with Crippen LogP contribution in [0.1, 0.15) is 12.5 Å². The Bertz CT molecular complexity index is 1630. The minimum Gasteiger partial charge on any atom is -0.359 e. The third-order valence-electron chi connectivity index (χ3n) is 5.56. The standard InChI is InChI=1S/C25H25F3N8O3S/c1-14(29)23(37)33-17-6-4-16(5-7-17)19-10-11-20-21(34-19)22(32-13-25(26,27)28)36-24(35-20)31-12-15-2-8-18(9-3-15)40(30,38)39/h2-11,14H,12-13,29H2,1H3,(H,33,37)(H2,30,38,39)(H2,31,32,35,36). The Labute approximate surface area is 227 Å². The minimum atomic E-state index is -4.51. The summed E-state index contributed by atoms with van der Waals surface area (Å²) >= 11 is 0. The van der Waals surface area contributed by atoms with Gasteiger partial charge in [-0.1, -0.05) is 24.3 Å². The second-order valence-electron chi connectivity index (χ2n) is 8.83. The zero-order valence-electron chi connectivity index (χ0n) is 21.0. The minimum absolute atomic E-state index is 0.0384. The molecule has 2 aromatic carbocycles. The number of carbonyl (C=O) groups is 1. The summed E-state index contributed by atoms with van der Waals surface area (Å²) in [4.78, 5) is 24.8. The molecule has 15 heteroatoms. The SMILES string of the molecule is CC(N)C(=O)Nc1ccc(-c2ccc3nc(NCc4ccc(S(N)(=O)=O)cc4)nc(NCC(F)(F)F)c3n2)cc1. The number of nitrogens with one attached hydrogen (secondary N) is 3. The number of rotatable bonds is 9. The Morgan fingerprint density at radius 1 is 0.950 bits per heavy atom. The van der Waals surface area contributed by atoms with E-state index in [0.717, 1.165) is 0 Å². The smallest absolute Gasteiger partial charge is 0.359 e. The second kappa shape index (κ2) is 11.4. The molecule has 2 aromatic heterocycles. The van der Waals surface area contributed by atoms with Gasteiger partial charge in [-0.25, -0.2) is 23.5 Å². The van der Waals surface area contributed by atoms with Gasteiger partial charge in [0, 0.05) is 17.8 Å². The molecule has 0 bridgehead atoms. The number of aromatic nitrogens is 3. The lowest BCUT2D eigenvalue weighted by Gasteiger charge is -2.14. The molecule has 4 rings (SSSR count). The molecule has 40 heavy (non-hydrogen) atoms. The van der Waals surface area contributed by atoms with Gasteiger partial charge in [0.25, 0.3) is 0 Å². The number of amides is 1. The van der Waals surface area contributed by atoms with E-state index < -0.39 is 28.8 Å². The fraction of sp³-hybridized carbons (Fsp3) is 0.200. The number of nitrogens with two attached hydrogens (primary N) is 2. The van der Waals surface area contributed by atoms with Crippen LogP contribution in [-0.2, 0) is 21.4 Å². The van der Waals surface area contributed by atoms with Gasteiger partial charge in [0.2, 0.25) is 21.9 Å². The largest absolute Gasteiger partial charge is 0.405 e. The van der Waals surface area contributed by atoms with Gasteiger partial charge in [-0.2, -0.15) is 18.2 Å². The summed E-state index contributed by atoms with van der Waals surface area (Å²) in [7, 11) is -3.84. The van der Waals surface area contributed by atoms with E-state index in [1.165, 1.54) is 24.3 Å². The highest BCUT2D eigenvalue weighted by Crippen LogP contribution is 2.27. The fourth-order valence-electron chi connectivity index (χ4n) is 3.52. The molecule has 0 aliphatic heterocycles. The van der Waals surface area contributed by atoms with E-state index in [2.05, 4.69) is 30.9 Å². The maximum Gasteiger partial charge on any atom is 0.405 e. The van der Waals surface area contributed by atoms with Crippen LogP contribution in [0.2, 0.25) is 0 Å². The van der Waals surface area contributed by atoms with E-state index >= 15 is 0 Å². The highest BCUT2D eigenvalue weighted by atomic mass is 32.2. The summed E-state index contributed by atoms with van der Waals surface area (Å²) < 4.78 is 61.9. The Morgan fingerprint density at radius 3 is 2.23 bits per heavy atom. The first-order valence-electron chi connectivity index (χ1n) is 11.8. The number of benzene rings is 2. The molecule has 4 aromatic rings. The quantitative estimate of drug-likeness (QED) is 0.201. The molecule has 0 saturated heterocycles. The van der Waals surface area contributed by atoms with Crippen LogP contribution in [0.5, 0.6) is 0 Å². The lowest BCUT2D eigenvalue weighted by atomic mass is 10.1. The van der Waals surface area contributed by atoms with Gasteiger partial charge in [0.1, 0.15) is 12.1 Å². The molecule has 7 N–H and O–H groups in total. The molecule has 0 saturated carbocycles. The first kappa shape index (κ1) is 28.7. The van der Waals surface area contributed by atoms with Gasteiger partial charge in [-0.15, -0.1) is 0 Å². The maximum atomic E-state index is 13.0. The molecule has 1 unspecified atom stereocenters. The van der Waals surface area contributed by atoms with Crippen LogP contribution in [0, 0.1) is 0 Å². The maximum absolute atomic E-state index is 13.0. The summed E-state index contributed by atoms with van der Waals surface area (Å²) in [6.45, 7) is 0.379. The van der Waals surface area contributed by atoms with Crippen LogP contribution in [0.25, 0.3) is 22.3 Å². The van der Waals surface area contributed by atoms with E-state index in [1.54, 1.807) is 43.3 Å². The van der Waals surface area contributed by atoms with E-state index in [1.807, 2.05) is 0 Å². The third kappa shape index (κ3) is 7.40. The zero-order chi connectivity index (χ0) is 29.1. The first-order valence-corrected chi connectivity index (χ1v) is 13.3. The predicted molar refractivity (Wildman–Crippen MR) is 145 cm³/mol. The van der Waals surface area contributed by atoms with Crippen LogP contribution >= 0.6 is 0 Å². The Balaban J connectivity index is 1.61. The van der Waals surface area contributed by atoms with E-state index in [4.69, 9.17) is 10.9 Å². The number of alkyl halides is 3. The Kier molecular flexibility index (Phi) is 8.18. The number of carbonyl (C=O) groups excluding carboxylic acids is 1. The van der Waals surface area contributed by atoms with Crippen LogP contribution in [0.4, 0.5) is 30.6 Å². The number of hydrogen-bond acceptors (Lipinski definition) is 9. The molecule has 2 heterocycles. The first-order chi connectivity index (χ1) is 18.8. The molecule has 0 radical (unpaired) electrons. The number of hydrogen-bond donors (Lipinski definition) is 5. The lowest BCUT2D eigenvalue weighted by molar-refractivity contribution is -0.117. The van der Waals surface area contributed by atoms with Crippen LogP contribution in [-0.4, -0.2) is 48.0 Å². The Hall–Kier alpha value is -4.34. The Morgan fingerprint density at radius 2 is 1.62 bits per heavy atom. The fourth-order valence-corrected chi connectivity index (χ4v) is 4.04. The number of sulfonamides is 1. The van der Waals surface area contributed by atoms with Crippen molar-refractivity contribution in [3.63, 3.8) is 0 Å². The van der Waals surface area contributed by atoms with Crippen molar-refractivity contribution in [2.24, 2.45) is 10.9 Å². The van der Waals surface area contributed by atoms with Crippen molar-refractivity contribution in [3.8, 4) is 11.3 Å². The number of pyridine rings is 1. The van der Waals surface area contributed by atoms with Crippen molar-refractivity contribution in [2.75, 3.05) is 22.5 Å². The number of anilines is 3. The van der Waals surface area contributed by atoms with Crippen molar-refractivity contribution in [2.45, 2.75) is 30.6 Å².